The molecule has 1 heterocycles. The van der Waals surface area contributed by atoms with Crippen LogP contribution >= 0.6 is 0 Å². The number of carbonyl (C=O) groups excluding carboxylic acids is 3. The van der Waals surface area contributed by atoms with Gasteiger partial charge in [0, 0.05) is 30.0 Å². The van der Waals surface area contributed by atoms with E-state index >= 15 is 0 Å². The molecule has 30 heavy (non-hydrogen) atoms. The molecule has 0 atom stereocenters. The summed E-state index contributed by atoms with van der Waals surface area (Å²) in [6, 6.07) is 15.0. The largest absolute Gasteiger partial charge is 0.325 e. The minimum atomic E-state index is -0.218. The highest BCUT2D eigenvalue weighted by Crippen LogP contribution is 2.24. The summed E-state index contributed by atoms with van der Waals surface area (Å²) in [4.78, 5) is 40.0. The summed E-state index contributed by atoms with van der Waals surface area (Å²) in [6.07, 6.45) is 2.24. The predicted molar refractivity (Wildman–Crippen MR) is 119 cm³/mol. The van der Waals surface area contributed by atoms with E-state index in [4.69, 9.17) is 0 Å². The van der Waals surface area contributed by atoms with Gasteiger partial charge in [-0.3, -0.25) is 19.3 Å². The average Bonchev–Trinajstić information content (AvgIpc) is 3.14. The third-order valence-corrected chi connectivity index (χ3v) is 5.01. The molecule has 3 amide bonds. The van der Waals surface area contributed by atoms with Gasteiger partial charge in [-0.15, -0.1) is 0 Å². The highest BCUT2D eigenvalue weighted by molar-refractivity contribution is 5.98. The van der Waals surface area contributed by atoms with Crippen LogP contribution in [0, 0.1) is 0 Å². The molecule has 7 nitrogen and oxygen atoms in total. The normalized spacial score (nSPS) is 13.6. The standard InChI is InChI=1S/C23H28N4O3/c1-3-17-8-4-5-11-20(17)25-22(29)16-26(2)15-21(28)24-18-9-6-10-19(14-18)27-13-7-12-23(27)30/h4-6,8-11,14H,3,7,12-13,15-16H2,1-2H3,(H,24,28)(H,25,29). The Hall–Kier alpha value is -3.19. The van der Waals surface area contributed by atoms with Crippen LogP contribution in [0.15, 0.2) is 48.5 Å². The highest BCUT2D eigenvalue weighted by atomic mass is 16.2. The van der Waals surface area contributed by atoms with Gasteiger partial charge in [0.2, 0.25) is 17.7 Å². The van der Waals surface area contributed by atoms with E-state index in [1.807, 2.05) is 43.3 Å². The van der Waals surface area contributed by atoms with Crippen molar-refractivity contribution in [3.8, 4) is 0 Å². The summed E-state index contributed by atoms with van der Waals surface area (Å²) in [5.74, 6) is -0.279. The second-order valence-electron chi connectivity index (χ2n) is 7.48. The maximum atomic E-state index is 12.4. The Morgan fingerprint density at radius 2 is 1.77 bits per heavy atom. The van der Waals surface area contributed by atoms with Crippen LogP contribution in [0.5, 0.6) is 0 Å². The first-order chi connectivity index (χ1) is 14.5. The van der Waals surface area contributed by atoms with E-state index < -0.39 is 0 Å². The van der Waals surface area contributed by atoms with Crippen LogP contribution in [0.2, 0.25) is 0 Å². The number of aryl methyl sites for hydroxylation is 1. The van der Waals surface area contributed by atoms with Crippen molar-refractivity contribution in [2.24, 2.45) is 0 Å². The van der Waals surface area contributed by atoms with Crippen LogP contribution in [0.25, 0.3) is 0 Å². The van der Waals surface area contributed by atoms with E-state index in [0.717, 1.165) is 29.8 Å². The first-order valence-corrected chi connectivity index (χ1v) is 10.2. The van der Waals surface area contributed by atoms with E-state index in [1.54, 1.807) is 29.0 Å². The molecule has 0 spiro atoms. The van der Waals surface area contributed by atoms with Crippen molar-refractivity contribution < 1.29 is 14.4 Å². The maximum Gasteiger partial charge on any atom is 0.238 e. The fraction of sp³-hybridized carbons (Fsp3) is 0.348. The number of carbonyl (C=O) groups is 3. The van der Waals surface area contributed by atoms with Crippen molar-refractivity contribution in [3.63, 3.8) is 0 Å². The molecule has 158 valence electrons. The Morgan fingerprint density at radius 1 is 1.03 bits per heavy atom. The maximum absolute atomic E-state index is 12.4. The molecule has 0 radical (unpaired) electrons. The van der Waals surface area contributed by atoms with Gasteiger partial charge < -0.3 is 15.5 Å². The second-order valence-corrected chi connectivity index (χ2v) is 7.48. The summed E-state index contributed by atoms with van der Waals surface area (Å²) in [7, 11) is 1.73. The van der Waals surface area contributed by atoms with Gasteiger partial charge in [-0.25, -0.2) is 0 Å². The van der Waals surface area contributed by atoms with E-state index in [0.29, 0.717) is 18.7 Å². The molecule has 0 aliphatic carbocycles. The van der Waals surface area contributed by atoms with E-state index in [9.17, 15) is 14.4 Å². The molecule has 7 heteroatoms. The first-order valence-electron chi connectivity index (χ1n) is 10.2. The van der Waals surface area contributed by atoms with Crippen molar-refractivity contribution in [1.82, 2.24) is 4.90 Å². The molecule has 0 bridgehead atoms. The molecular formula is C23H28N4O3. The van der Waals surface area contributed by atoms with Crippen molar-refractivity contribution in [3.05, 3.63) is 54.1 Å². The van der Waals surface area contributed by atoms with Crippen LogP contribution in [0.4, 0.5) is 17.1 Å². The van der Waals surface area contributed by atoms with Crippen molar-refractivity contribution in [1.29, 1.82) is 0 Å². The number of nitrogens with zero attached hydrogens (tertiary/aromatic N) is 2. The van der Waals surface area contributed by atoms with E-state index in [2.05, 4.69) is 10.6 Å². The third-order valence-electron chi connectivity index (χ3n) is 5.01. The molecule has 1 aliphatic heterocycles. The van der Waals surface area contributed by atoms with Crippen molar-refractivity contribution >= 4 is 34.8 Å². The van der Waals surface area contributed by atoms with E-state index in [1.165, 1.54) is 0 Å². The van der Waals surface area contributed by atoms with Crippen molar-refractivity contribution in [2.45, 2.75) is 26.2 Å². The smallest absolute Gasteiger partial charge is 0.238 e. The first kappa shape index (κ1) is 21.5. The van der Waals surface area contributed by atoms with Gasteiger partial charge in [0.05, 0.1) is 13.1 Å². The molecule has 0 aromatic heterocycles. The molecule has 3 rings (SSSR count). The SMILES string of the molecule is CCc1ccccc1NC(=O)CN(C)CC(=O)Nc1cccc(N2CCCC2=O)c1. The fourth-order valence-electron chi connectivity index (χ4n) is 3.56. The lowest BCUT2D eigenvalue weighted by molar-refractivity contribution is -0.119. The predicted octanol–water partition coefficient (Wildman–Crippen LogP) is 2.88. The summed E-state index contributed by atoms with van der Waals surface area (Å²) in [5.41, 5.74) is 3.29. The molecule has 2 aromatic rings. The Labute approximate surface area is 177 Å². The molecule has 0 saturated carbocycles. The zero-order chi connectivity index (χ0) is 21.5. The second kappa shape index (κ2) is 10.0. The van der Waals surface area contributed by atoms with Crippen molar-refractivity contribution in [2.75, 3.05) is 42.2 Å². The number of likely N-dealkylation sites (N-methyl/N-ethyl adjacent to an activating group) is 1. The van der Waals surface area contributed by atoms with Gasteiger partial charge in [-0.1, -0.05) is 31.2 Å². The molecule has 2 N–H and O–H groups in total. The molecule has 1 aliphatic rings. The number of rotatable bonds is 8. The van der Waals surface area contributed by atoms with Gasteiger partial charge in [-0.05, 0) is 49.7 Å². The molecule has 1 fully saturated rings. The number of hydrogen-bond donors (Lipinski definition) is 2. The quantitative estimate of drug-likeness (QED) is 0.704. The topological polar surface area (TPSA) is 81.8 Å². The van der Waals surface area contributed by atoms with Gasteiger partial charge in [0.1, 0.15) is 0 Å². The van der Waals surface area contributed by atoms with Gasteiger partial charge in [0.25, 0.3) is 0 Å². The summed E-state index contributed by atoms with van der Waals surface area (Å²) >= 11 is 0. The summed E-state index contributed by atoms with van der Waals surface area (Å²) in [6.45, 7) is 2.93. The Kier molecular flexibility index (Phi) is 7.19. The van der Waals surface area contributed by atoms with Crippen LogP contribution in [-0.2, 0) is 20.8 Å². The zero-order valence-electron chi connectivity index (χ0n) is 17.5. The Morgan fingerprint density at radius 3 is 2.47 bits per heavy atom. The summed E-state index contributed by atoms with van der Waals surface area (Å²) < 4.78 is 0. The zero-order valence-corrected chi connectivity index (χ0v) is 17.5. The highest BCUT2D eigenvalue weighted by Gasteiger charge is 2.22. The monoisotopic (exact) mass is 408 g/mol. The Bertz CT molecular complexity index is 928. The van der Waals surface area contributed by atoms with E-state index in [-0.39, 0.29) is 30.8 Å². The number of hydrogen-bond acceptors (Lipinski definition) is 4. The third kappa shape index (κ3) is 5.67. The molecule has 1 saturated heterocycles. The van der Waals surface area contributed by atoms with Crippen LogP contribution in [0.1, 0.15) is 25.3 Å². The lowest BCUT2D eigenvalue weighted by atomic mass is 10.1. The molecular weight excluding hydrogens is 380 g/mol. The molecule has 0 unspecified atom stereocenters. The van der Waals surface area contributed by atoms with Gasteiger partial charge >= 0.3 is 0 Å². The number of amides is 3. The van der Waals surface area contributed by atoms with Crippen LogP contribution < -0.4 is 15.5 Å². The van der Waals surface area contributed by atoms with Crippen LogP contribution in [0.3, 0.4) is 0 Å². The fourth-order valence-corrected chi connectivity index (χ4v) is 3.56. The lowest BCUT2D eigenvalue weighted by Crippen LogP contribution is -2.36. The van der Waals surface area contributed by atoms with Crippen LogP contribution in [-0.4, -0.2) is 49.3 Å². The number of para-hydroxylation sites is 1. The van der Waals surface area contributed by atoms with Gasteiger partial charge in [0.15, 0.2) is 0 Å². The number of benzene rings is 2. The average molecular weight is 409 g/mol. The minimum absolute atomic E-state index is 0.0791. The minimum Gasteiger partial charge on any atom is -0.325 e. The Balaban J connectivity index is 1.51. The molecule has 2 aromatic carbocycles. The number of anilines is 3. The van der Waals surface area contributed by atoms with Gasteiger partial charge in [-0.2, -0.15) is 0 Å². The number of nitrogens with one attached hydrogen (secondary N) is 2. The summed E-state index contributed by atoms with van der Waals surface area (Å²) in [5, 5.41) is 5.75. The lowest BCUT2D eigenvalue weighted by Gasteiger charge is -2.18.